The highest BCUT2D eigenvalue weighted by Crippen LogP contribution is 2.34. The van der Waals surface area contributed by atoms with E-state index in [1.165, 1.54) is 37.3 Å². The number of hydrogen-bond acceptors (Lipinski definition) is 4. The molecule has 0 spiro atoms. The zero-order valence-corrected chi connectivity index (χ0v) is 13.5. The molecule has 3 aliphatic rings. The van der Waals surface area contributed by atoms with Gasteiger partial charge in [-0.3, -0.25) is 4.79 Å². The van der Waals surface area contributed by atoms with Crippen molar-refractivity contribution in [1.29, 1.82) is 0 Å². The van der Waals surface area contributed by atoms with Crippen LogP contribution in [0.1, 0.15) is 22.5 Å². The number of amides is 1. The first-order chi connectivity index (χ1) is 10.7. The van der Waals surface area contributed by atoms with E-state index in [1.807, 2.05) is 24.3 Å². The molecule has 2 aromatic rings. The second kappa shape index (κ2) is 5.56. The maximum absolute atomic E-state index is 12.6. The van der Waals surface area contributed by atoms with Crippen LogP contribution < -0.4 is 10.1 Å². The predicted octanol–water partition coefficient (Wildman–Crippen LogP) is 2.73. The molecule has 0 unspecified atom stereocenters. The number of piperidine rings is 3. The van der Waals surface area contributed by atoms with Gasteiger partial charge in [-0.1, -0.05) is 12.1 Å². The van der Waals surface area contributed by atoms with Crippen molar-refractivity contribution in [3.05, 3.63) is 29.1 Å². The Kier molecular flexibility index (Phi) is 3.54. The van der Waals surface area contributed by atoms with Crippen LogP contribution in [0.3, 0.4) is 0 Å². The molecule has 0 aliphatic carbocycles. The zero-order valence-electron chi connectivity index (χ0n) is 12.7. The number of nitrogens with one attached hydrogen (secondary N) is 1. The van der Waals surface area contributed by atoms with Crippen molar-refractivity contribution in [2.24, 2.45) is 5.92 Å². The molecule has 1 atom stereocenters. The van der Waals surface area contributed by atoms with Crippen LogP contribution in [0, 0.1) is 5.92 Å². The molecule has 0 radical (unpaired) electrons. The van der Waals surface area contributed by atoms with Crippen molar-refractivity contribution in [3.63, 3.8) is 0 Å². The minimum atomic E-state index is 0.0574. The average molecular weight is 316 g/mol. The molecule has 3 aliphatic heterocycles. The number of carbonyl (C=O) groups excluding carboxylic acids is 1. The third-order valence-corrected chi connectivity index (χ3v) is 6.09. The molecule has 0 saturated carbocycles. The van der Waals surface area contributed by atoms with E-state index in [4.69, 9.17) is 4.74 Å². The van der Waals surface area contributed by atoms with Gasteiger partial charge in [0.15, 0.2) is 0 Å². The van der Waals surface area contributed by atoms with E-state index < -0.39 is 0 Å². The SMILES string of the molecule is COc1cccc2cc(C(=O)N[C@H]3CN4CCC3CC4)sc12. The molecule has 1 N–H and O–H groups in total. The molecular weight excluding hydrogens is 296 g/mol. The molecule has 3 saturated heterocycles. The molecular formula is C17H20N2O2S. The van der Waals surface area contributed by atoms with Gasteiger partial charge < -0.3 is 15.0 Å². The van der Waals surface area contributed by atoms with Crippen LogP contribution in [0.25, 0.3) is 10.1 Å². The van der Waals surface area contributed by atoms with Crippen molar-refractivity contribution in [2.75, 3.05) is 26.7 Å². The lowest BCUT2D eigenvalue weighted by Crippen LogP contribution is -2.57. The predicted molar refractivity (Wildman–Crippen MR) is 88.8 cm³/mol. The topological polar surface area (TPSA) is 41.6 Å². The molecule has 116 valence electrons. The third-order valence-electron chi connectivity index (χ3n) is 4.92. The van der Waals surface area contributed by atoms with E-state index in [0.29, 0.717) is 12.0 Å². The molecule has 1 aromatic heterocycles. The molecule has 2 bridgehead atoms. The van der Waals surface area contributed by atoms with Crippen LogP contribution in [0.2, 0.25) is 0 Å². The van der Waals surface area contributed by atoms with Gasteiger partial charge in [-0.05, 0) is 49.4 Å². The second-order valence-electron chi connectivity index (χ2n) is 6.21. The molecule has 3 fully saturated rings. The lowest BCUT2D eigenvalue weighted by atomic mass is 9.84. The maximum Gasteiger partial charge on any atom is 0.261 e. The Balaban J connectivity index is 1.55. The number of thiophene rings is 1. The van der Waals surface area contributed by atoms with Gasteiger partial charge in [0.25, 0.3) is 5.91 Å². The number of nitrogens with zero attached hydrogens (tertiary/aromatic N) is 1. The van der Waals surface area contributed by atoms with E-state index in [9.17, 15) is 4.79 Å². The highest BCUT2D eigenvalue weighted by molar-refractivity contribution is 7.21. The van der Waals surface area contributed by atoms with Crippen molar-refractivity contribution in [2.45, 2.75) is 18.9 Å². The quantitative estimate of drug-likeness (QED) is 0.947. The van der Waals surface area contributed by atoms with Gasteiger partial charge in [-0.15, -0.1) is 11.3 Å². The summed E-state index contributed by atoms with van der Waals surface area (Å²) in [5.74, 6) is 1.55. The first kappa shape index (κ1) is 14.0. The van der Waals surface area contributed by atoms with Gasteiger partial charge in [0, 0.05) is 12.6 Å². The summed E-state index contributed by atoms with van der Waals surface area (Å²) in [6.07, 6.45) is 2.43. The molecule has 1 amide bonds. The molecule has 5 rings (SSSR count). The van der Waals surface area contributed by atoms with Crippen molar-refractivity contribution < 1.29 is 9.53 Å². The minimum Gasteiger partial charge on any atom is -0.495 e. The van der Waals surface area contributed by atoms with Crippen molar-refractivity contribution in [1.82, 2.24) is 10.2 Å². The first-order valence-electron chi connectivity index (χ1n) is 7.84. The molecule has 4 heterocycles. The summed E-state index contributed by atoms with van der Waals surface area (Å²) in [6, 6.07) is 8.21. The summed E-state index contributed by atoms with van der Waals surface area (Å²) in [6.45, 7) is 3.39. The van der Waals surface area contributed by atoms with Crippen LogP contribution in [-0.4, -0.2) is 43.6 Å². The molecule has 4 nitrogen and oxygen atoms in total. The van der Waals surface area contributed by atoms with Crippen LogP contribution in [0.4, 0.5) is 0 Å². The number of ether oxygens (including phenoxy) is 1. The molecule has 5 heteroatoms. The van der Waals surface area contributed by atoms with Crippen LogP contribution in [-0.2, 0) is 0 Å². The van der Waals surface area contributed by atoms with E-state index in [0.717, 1.165) is 27.3 Å². The first-order valence-corrected chi connectivity index (χ1v) is 8.66. The summed E-state index contributed by atoms with van der Waals surface area (Å²) in [5, 5.41) is 4.33. The standard InChI is InChI=1S/C17H20N2O2S/c1-21-14-4-2-3-12-9-15(22-16(12)14)17(20)18-13-10-19-7-5-11(13)6-8-19/h2-4,9,11,13H,5-8,10H2,1H3,(H,18,20)/t13-/m0/s1. The second-order valence-corrected chi connectivity index (χ2v) is 7.26. The Hall–Kier alpha value is -1.59. The van der Waals surface area contributed by atoms with Gasteiger partial charge in [-0.25, -0.2) is 0 Å². The maximum atomic E-state index is 12.6. The fourth-order valence-corrected chi connectivity index (χ4v) is 4.73. The number of benzene rings is 1. The Morgan fingerprint density at radius 3 is 2.86 bits per heavy atom. The number of methoxy groups -OCH3 is 1. The van der Waals surface area contributed by atoms with Crippen LogP contribution >= 0.6 is 11.3 Å². The lowest BCUT2D eigenvalue weighted by Gasteiger charge is -2.44. The smallest absolute Gasteiger partial charge is 0.261 e. The monoisotopic (exact) mass is 316 g/mol. The third kappa shape index (κ3) is 2.38. The highest BCUT2D eigenvalue weighted by atomic mass is 32.1. The summed E-state index contributed by atoms with van der Waals surface area (Å²) in [7, 11) is 1.67. The summed E-state index contributed by atoms with van der Waals surface area (Å²) in [4.78, 5) is 15.8. The van der Waals surface area contributed by atoms with Crippen LogP contribution in [0.5, 0.6) is 5.75 Å². The minimum absolute atomic E-state index is 0.0574. The van der Waals surface area contributed by atoms with Gasteiger partial charge in [-0.2, -0.15) is 0 Å². The average Bonchev–Trinajstić information content (AvgIpc) is 3.00. The number of carbonyl (C=O) groups is 1. The number of fused-ring (bicyclic) bond motifs is 4. The Morgan fingerprint density at radius 1 is 1.36 bits per heavy atom. The van der Waals surface area contributed by atoms with Gasteiger partial charge in [0.05, 0.1) is 16.7 Å². The summed E-state index contributed by atoms with van der Waals surface area (Å²) in [5.41, 5.74) is 0. The van der Waals surface area contributed by atoms with Crippen molar-refractivity contribution in [3.8, 4) is 5.75 Å². The highest BCUT2D eigenvalue weighted by Gasteiger charge is 2.35. The number of hydrogen-bond donors (Lipinski definition) is 1. The Labute approximate surface area is 134 Å². The fourth-order valence-electron chi connectivity index (χ4n) is 3.68. The summed E-state index contributed by atoms with van der Waals surface area (Å²) < 4.78 is 6.43. The van der Waals surface area contributed by atoms with E-state index in [2.05, 4.69) is 10.2 Å². The molecule has 22 heavy (non-hydrogen) atoms. The summed E-state index contributed by atoms with van der Waals surface area (Å²) >= 11 is 1.51. The lowest BCUT2D eigenvalue weighted by molar-refractivity contribution is 0.0622. The van der Waals surface area contributed by atoms with Gasteiger partial charge in [0.2, 0.25) is 0 Å². The Bertz CT molecular complexity index is 704. The largest absolute Gasteiger partial charge is 0.495 e. The van der Waals surface area contributed by atoms with E-state index >= 15 is 0 Å². The van der Waals surface area contributed by atoms with Gasteiger partial charge in [0.1, 0.15) is 5.75 Å². The molecule has 1 aromatic carbocycles. The zero-order chi connectivity index (χ0) is 15.1. The van der Waals surface area contributed by atoms with Crippen LogP contribution in [0.15, 0.2) is 24.3 Å². The fraction of sp³-hybridized carbons (Fsp3) is 0.471. The van der Waals surface area contributed by atoms with Gasteiger partial charge >= 0.3 is 0 Å². The van der Waals surface area contributed by atoms with E-state index in [1.54, 1.807) is 7.11 Å². The number of rotatable bonds is 3. The normalized spacial score (nSPS) is 27.0. The van der Waals surface area contributed by atoms with E-state index in [-0.39, 0.29) is 5.91 Å². The Morgan fingerprint density at radius 2 is 2.18 bits per heavy atom. The van der Waals surface area contributed by atoms with Crippen molar-refractivity contribution >= 4 is 27.3 Å².